The Kier molecular flexibility index (Phi) is 12.8. The van der Waals surface area contributed by atoms with Crippen LogP contribution < -0.4 is 21.2 Å². The standard InChI is InChI=1S/C42H50N2O19/c1-15(2)3-5-19-11-20(17-4-6-26(43)44-14-17)27-25(13-24-28(30(27)49)21(46)12-23(59-24)18-9-16(7-8-45)29(48)22(47)10-18)62-42(19)38(55)34(53)33(52)37(63-42)40(58)61-41-35(54)31(50)32(51)36(60-41)39(56)57/h4,6,9-10,12-15,19-20,26,31-38,41,44-45,47-55H,3,5,7-8,11,43H2,1-2H3,(H,56,57). The van der Waals surface area contributed by atoms with Crippen LogP contribution in [0.1, 0.15) is 50.2 Å². The third kappa shape index (κ3) is 8.32. The summed E-state index contributed by atoms with van der Waals surface area (Å²) in [5.74, 6) is -9.98. The zero-order valence-corrected chi connectivity index (χ0v) is 33.8. The lowest BCUT2D eigenvalue weighted by Crippen LogP contribution is -2.71. The number of allylic oxidation sites excluding steroid dienone is 2. The van der Waals surface area contributed by atoms with E-state index in [9.17, 15) is 70.6 Å². The number of ether oxygens (including phenoxy) is 4. The molecule has 0 amide bonds. The van der Waals surface area contributed by atoms with E-state index in [0.717, 1.165) is 12.1 Å². The van der Waals surface area contributed by atoms with Gasteiger partial charge in [-0.05, 0) is 49.0 Å². The number of phenolic OH excluding ortho intramolecular Hbond substituents is 3. The van der Waals surface area contributed by atoms with Gasteiger partial charge in [0.05, 0.1) is 6.17 Å². The van der Waals surface area contributed by atoms with Crippen LogP contribution in [0, 0.1) is 11.8 Å². The molecule has 2 saturated heterocycles. The zero-order chi connectivity index (χ0) is 45.8. The van der Waals surface area contributed by atoms with Crippen molar-refractivity contribution in [2.24, 2.45) is 17.6 Å². The van der Waals surface area contributed by atoms with Crippen LogP contribution in [0.3, 0.4) is 0 Å². The van der Waals surface area contributed by atoms with Crippen molar-refractivity contribution in [3.8, 4) is 34.3 Å². The molecule has 3 aromatic rings. The number of carboxylic acids is 1. The first kappa shape index (κ1) is 45.7. The molecule has 0 aliphatic carbocycles. The molecule has 0 radical (unpaired) electrons. The Hall–Kier alpha value is -5.33. The SMILES string of the molecule is CC(C)CCC1CC(C2=CNC(N)C=C2)c2c(cc3oc(-c4cc(O)c(O)c(CCO)c4)cc(=O)c3c2O)OC12OC(C(=O)OC1OC(C(=O)O)C(O)C(O)C1O)C(O)C(O)C2O. The third-order valence-electron chi connectivity index (χ3n) is 12.0. The largest absolute Gasteiger partial charge is 0.507 e. The maximum Gasteiger partial charge on any atom is 0.340 e. The highest BCUT2D eigenvalue weighted by molar-refractivity contribution is 5.89. The van der Waals surface area contributed by atoms with Gasteiger partial charge in [-0.3, -0.25) is 4.79 Å². The van der Waals surface area contributed by atoms with Gasteiger partial charge in [-0.25, -0.2) is 9.59 Å². The molecular weight excluding hydrogens is 836 g/mol. The van der Waals surface area contributed by atoms with Crippen LogP contribution in [0.25, 0.3) is 22.3 Å². The van der Waals surface area contributed by atoms with Crippen molar-refractivity contribution in [1.82, 2.24) is 5.32 Å². The summed E-state index contributed by atoms with van der Waals surface area (Å²) < 4.78 is 29.4. The number of esters is 1. The number of hydrogen-bond acceptors (Lipinski definition) is 20. The maximum atomic E-state index is 14.0. The van der Waals surface area contributed by atoms with Gasteiger partial charge in [0.25, 0.3) is 0 Å². The highest BCUT2D eigenvalue weighted by atomic mass is 16.8. The molecule has 0 bridgehead atoms. The van der Waals surface area contributed by atoms with Crippen LogP contribution in [-0.2, 0) is 30.2 Å². The van der Waals surface area contributed by atoms with Crippen molar-refractivity contribution in [1.29, 1.82) is 0 Å². The number of aliphatic carboxylic acids is 1. The highest BCUT2D eigenvalue weighted by Crippen LogP contribution is 2.54. The minimum Gasteiger partial charge on any atom is -0.507 e. The van der Waals surface area contributed by atoms with E-state index in [2.05, 4.69) is 5.32 Å². The molecule has 5 heterocycles. The number of aliphatic hydroxyl groups is 7. The van der Waals surface area contributed by atoms with E-state index < -0.39 is 120 Å². The van der Waals surface area contributed by atoms with Crippen LogP contribution in [0.4, 0.5) is 0 Å². The Morgan fingerprint density at radius 2 is 1.67 bits per heavy atom. The minimum atomic E-state index is -2.52. The summed E-state index contributed by atoms with van der Waals surface area (Å²) in [6.07, 6.45) is -15.2. The van der Waals surface area contributed by atoms with Crippen LogP contribution in [0.2, 0.25) is 0 Å². The van der Waals surface area contributed by atoms with Crippen molar-refractivity contribution >= 4 is 22.9 Å². The molecule has 13 unspecified atom stereocenters. The smallest absolute Gasteiger partial charge is 0.340 e. The Balaban J connectivity index is 1.39. The predicted molar refractivity (Wildman–Crippen MR) is 214 cm³/mol. The molecule has 2 aromatic carbocycles. The quantitative estimate of drug-likeness (QED) is 0.0855. The molecule has 1 aromatic heterocycles. The second-order valence-corrected chi connectivity index (χ2v) is 16.6. The van der Waals surface area contributed by atoms with E-state index in [0.29, 0.717) is 12.0 Å². The van der Waals surface area contributed by atoms with E-state index in [-0.39, 0.29) is 64.3 Å². The van der Waals surface area contributed by atoms with Gasteiger partial charge in [-0.2, -0.15) is 0 Å². The molecule has 1 spiro atoms. The Bertz CT molecular complexity index is 2360. The topological polar surface area (TPSA) is 362 Å². The summed E-state index contributed by atoms with van der Waals surface area (Å²) in [5, 5.41) is 121. The summed E-state index contributed by atoms with van der Waals surface area (Å²) >= 11 is 0. The van der Waals surface area contributed by atoms with Crippen molar-refractivity contribution in [3.63, 3.8) is 0 Å². The molecule has 21 nitrogen and oxygen atoms in total. The van der Waals surface area contributed by atoms with Gasteiger partial charge in [-0.15, -0.1) is 0 Å². The van der Waals surface area contributed by atoms with Crippen LogP contribution >= 0.6 is 0 Å². The number of hydrogen-bond donors (Lipinski definition) is 13. The number of fused-ring (bicyclic) bond motifs is 2. The maximum absolute atomic E-state index is 14.0. The molecule has 342 valence electrons. The monoisotopic (exact) mass is 886 g/mol. The van der Waals surface area contributed by atoms with E-state index in [4.69, 9.17) is 29.1 Å². The summed E-state index contributed by atoms with van der Waals surface area (Å²) in [6, 6.07) is 4.75. The lowest BCUT2D eigenvalue weighted by atomic mass is 9.74. The number of nitrogens with two attached hydrogens (primary N) is 1. The van der Waals surface area contributed by atoms with Crippen LogP contribution in [0.5, 0.6) is 23.0 Å². The number of carbonyl (C=O) groups is 2. The highest BCUT2D eigenvalue weighted by Gasteiger charge is 2.63. The Morgan fingerprint density at radius 3 is 2.32 bits per heavy atom. The summed E-state index contributed by atoms with van der Waals surface area (Å²) in [5.41, 5.74) is 5.71. The van der Waals surface area contributed by atoms with Gasteiger partial charge in [0.15, 0.2) is 29.1 Å². The number of carboxylic acid groups (broad SMARTS) is 1. The number of aliphatic hydroxyl groups excluding tert-OH is 7. The Morgan fingerprint density at radius 1 is 0.952 bits per heavy atom. The van der Waals surface area contributed by atoms with Gasteiger partial charge in [0.1, 0.15) is 64.9 Å². The average molecular weight is 887 g/mol. The fourth-order valence-corrected chi connectivity index (χ4v) is 8.58. The molecule has 63 heavy (non-hydrogen) atoms. The van der Waals surface area contributed by atoms with Crippen LogP contribution in [-0.4, -0.2) is 142 Å². The number of carbonyl (C=O) groups excluding carboxylic acids is 1. The van der Waals surface area contributed by atoms with Crippen LogP contribution in [0.15, 0.2) is 57.4 Å². The first-order valence-electron chi connectivity index (χ1n) is 20.2. The second kappa shape index (κ2) is 17.7. The average Bonchev–Trinajstić information content (AvgIpc) is 3.37. The Labute approximate surface area is 357 Å². The van der Waals surface area contributed by atoms with Crippen molar-refractivity contribution in [2.75, 3.05) is 6.61 Å². The molecule has 13 atom stereocenters. The number of rotatable bonds is 10. The van der Waals surface area contributed by atoms with Gasteiger partial charge in [-0.1, -0.05) is 26.3 Å². The summed E-state index contributed by atoms with van der Waals surface area (Å²) in [4.78, 5) is 39.7. The van der Waals surface area contributed by atoms with E-state index >= 15 is 0 Å². The fraction of sp³-hybridized carbons (Fsp3) is 0.500. The van der Waals surface area contributed by atoms with Gasteiger partial charge in [0, 0.05) is 53.5 Å². The molecule has 21 heteroatoms. The van der Waals surface area contributed by atoms with Crippen molar-refractivity contribution in [2.45, 2.75) is 113 Å². The molecule has 14 N–H and O–H groups in total. The summed E-state index contributed by atoms with van der Waals surface area (Å²) in [6.45, 7) is 3.42. The lowest BCUT2D eigenvalue weighted by molar-refractivity contribution is -0.354. The first-order valence-corrected chi connectivity index (χ1v) is 20.2. The minimum absolute atomic E-state index is 0.0129. The molecule has 0 saturated carbocycles. The van der Waals surface area contributed by atoms with Gasteiger partial charge in [0.2, 0.25) is 12.1 Å². The molecule has 4 aliphatic heterocycles. The van der Waals surface area contributed by atoms with Gasteiger partial charge >= 0.3 is 11.9 Å². The number of phenols is 3. The molecule has 7 rings (SSSR count). The number of benzene rings is 2. The predicted octanol–water partition coefficient (Wildman–Crippen LogP) is -1.03. The van der Waals surface area contributed by atoms with Gasteiger partial charge < -0.3 is 90.6 Å². The first-order chi connectivity index (χ1) is 29.8. The van der Waals surface area contributed by atoms with E-state index in [1.54, 1.807) is 18.4 Å². The van der Waals surface area contributed by atoms with E-state index in [1.165, 1.54) is 12.1 Å². The molecular formula is C42H50N2O19. The summed E-state index contributed by atoms with van der Waals surface area (Å²) in [7, 11) is 0. The molecule has 2 fully saturated rings. The zero-order valence-electron chi connectivity index (χ0n) is 33.8. The number of nitrogens with one attached hydrogen (secondary N) is 1. The molecule has 4 aliphatic rings. The van der Waals surface area contributed by atoms with Crippen molar-refractivity contribution in [3.05, 3.63) is 69.5 Å². The number of dihydropyridines is 1. The normalized spacial score (nSPS) is 33.0. The van der Waals surface area contributed by atoms with E-state index in [1.807, 2.05) is 13.8 Å². The lowest BCUT2D eigenvalue weighted by Gasteiger charge is -2.50. The fourth-order valence-electron chi connectivity index (χ4n) is 8.58. The number of aromatic hydroxyl groups is 3. The van der Waals surface area contributed by atoms with Crippen molar-refractivity contribution < 1.29 is 89.1 Å². The second-order valence-electron chi connectivity index (χ2n) is 16.6. The third-order valence-corrected chi connectivity index (χ3v) is 12.0.